The number of para-hydroxylation sites is 1. The molecule has 1 unspecified atom stereocenters. The quantitative estimate of drug-likeness (QED) is 0.554. The molecule has 1 fully saturated rings. The minimum Gasteiger partial charge on any atom is -0.358 e. The van der Waals surface area contributed by atoms with Gasteiger partial charge in [-0.2, -0.15) is 0 Å². The van der Waals surface area contributed by atoms with E-state index >= 15 is 0 Å². The van der Waals surface area contributed by atoms with Gasteiger partial charge >= 0.3 is 0 Å². The van der Waals surface area contributed by atoms with Gasteiger partial charge in [-0.1, -0.05) is 55.0 Å². The Bertz CT molecular complexity index is 974. The zero-order valence-electron chi connectivity index (χ0n) is 15.6. The predicted octanol–water partition coefficient (Wildman–Crippen LogP) is 4.46. The van der Waals surface area contributed by atoms with Crippen LogP contribution in [0.25, 0.3) is 10.9 Å². The normalized spacial score (nSPS) is 17.7. The average molecular weight is 360 g/mol. The summed E-state index contributed by atoms with van der Waals surface area (Å²) in [6.07, 6.45) is 3.06. The van der Waals surface area contributed by atoms with E-state index in [1.807, 2.05) is 49.4 Å². The lowest BCUT2D eigenvalue weighted by Crippen LogP contribution is -2.39. The lowest BCUT2D eigenvalue weighted by Gasteiger charge is -2.24. The van der Waals surface area contributed by atoms with Crippen LogP contribution in [-0.4, -0.2) is 34.7 Å². The number of hydrogen-bond donors (Lipinski definition) is 1. The first kappa shape index (κ1) is 17.5. The van der Waals surface area contributed by atoms with Crippen molar-refractivity contribution in [1.29, 1.82) is 0 Å². The maximum Gasteiger partial charge on any atom is 0.295 e. The molecule has 1 aliphatic rings. The number of fused-ring (bicyclic) bond motifs is 1. The van der Waals surface area contributed by atoms with Crippen molar-refractivity contribution in [2.45, 2.75) is 32.1 Å². The highest BCUT2D eigenvalue weighted by Crippen LogP contribution is 2.28. The lowest BCUT2D eigenvalue weighted by atomic mass is 9.94. The van der Waals surface area contributed by atoms with Crippen molar-refractivity contribution in [2.24, 2.45) is 0 Å². The number of aromatic nitrogens is 1. The molecule has 1 saturated heterocycles. The zero-order valence-corrected chi connectivity index (χ0v) is 15.6. The second-order valence-electron chi connectivity index (χ2n) is 7.35. The molecule has 4 rings (SSSR count). The SMILES string of the molecule is Cc1[nH]c2ccccc2c1C(=O)C(=O)N1CCCCC(c2ccccc2)C1. The Morgan fingerprint density at radius 2 is 1.74 bits per heavy atom. The highest BCUT2D eigenvalue weighted by molar-refractivity contribution is 6.45. The van der Waals surface area contributed by atoms with Crippen LogP contribution in [0.2, 0.25) is 0 Å². The van der Waals surface area contributed by atoms with Crippen LogP contribution in [-0.2, 0) is 4.79 Å². The Kier molecular flexibility index (Phi) is 4.80. The summed E-state index contributed by atoms with van der Waals surface area (Å²) in [4.78, 5) is 31.1. The van der Waals surface area contributed by atoms with Crippen molar-refractivity contribution in [1.82, 2.24) is 9.88 Å². The Morgan fingerprint density at radius 1 is 1.00 bits per heavy atom. The molecule has 1 atom stereocenters. The van der Waals surface area contributed by atoms with Gasteiger partial charge in [-0.05, 0) is 31.4 Å². The van der Waals surface area contributed by atoms with Crippen LogP contribution in [0.4, 0.5) is 0 Å². The molecule has 1 aliphatic heterocycles. The monoisotopic (exact) mass is 360 g/mol. The number of aryl methyl sites for hydroxylation is 1. The van der Waals surface area contributed by atoms with E-state index in [-0.39, 0.29) is 11.8 Å². The Labute approximate surface area is 159 Å². The van der Waals surface area contributed by atoms with Gasteiger partial charge in [0.05, 0.1) is 5.56 Å². The van der Waals surface area contributed by atoms with Crippen LogP contribution < -0.4 is 0 Å². The molecule has 0 spiro atoms. The van der Waals surface area contributed by atoms with E-state index in [0.717, 1.165) is 35.9 Å². The third-order valence-corrected chi connectivity index (χ3v) is 5.54. The maximum absolute atomic E-state index is 13.1. The first-order valence-corrected chi connectivity index (χ1v) is 9.61. The fourth-order valence-corrected chi connectivity index (χ4v) is 4.14. The van der Waals surface area contributed by atoms with Crippen molar-refractivity contribution >= 4 is 22.6 Å². The van der Waals surface area contributed by atoms with Crippen LogP contribution in [0, 0.1) is 6.92 Å². The second-order valence-corrected chi connectivity index (χ2v) is 7.35. The summed E-state index contributed by atoms with van der Waals surface area (Å²) in [6.45, 7) is 3.11. The van der Waals surface area contributed by atoms with E-state index in [0.29, 0.717) is 18.7 Å². The first-order chi connectivity index (χ1) is 13.1. The highest BCUT2D eigenvalue weighted by atomic mass is 16.2. The van der Waals surface area contributed by atoms with Gasteiger partial charge in [-0.3, -0.25) is 9.59 Å². The summed E-state index contributed by atoms with van der Waals surface area (Å²) in [5.41, 5.74) is 3.40. The number of nitrogens with zero attached hydrogens (tertiary/aromatic N) is 1. The van der Waals surface area contributed by atoms with Gasteiger partial charge in [-0.25, -0.2) is 0 Å². The molecule has 1 amide bonds. The van der Waals surface area contributed by atoms with Crippen molar-refractivity contribution in [3.8, 4) is 0 Å². The molecule has 2 aromatic carbocycles. The van der Waals surface area contributed by atoms with Gasteiger partial charge in [-0.15, -0.1) is 0 Å². The molecule has 4 heteroatoms. The largest absolute Gasteiger partial charge is 0.358 e. The van der Waals surface area contributed by atoms with Crippen LogP contribution in [0.5, 0.6) is 0 Å². The molecule has 3 aromatic rings. The van der Waals surface area contributed by atoms with Crippen LogP contribution in [0.1, 0.15) is 46.8 Å². The summed E-state index contributed by atoms with van der Waals surface area (Å²) in [6, 6.07) is 18.0. The van der Waals surface area contributed by atoms with Crippen LogP contribution in [0.15, 0.2) is 54.6 Å². The molecule has 0 bridgehead atoms. The fourth-order valence-electron chi connectivity index (χ4n) is 4.14. The number of likely N-dealkylation sites (tertiary alicyclic amines) is 1. The topological polar surface area (TPSA) is 53.2 Å². The van der Waals surface area contributed by atoms with Gasteiger partial charge in [0.15, 0.2) is 0 Å². The number of amides is 1. The summed E-state index contributed by atoms with van der Waals surface area (Å²) >= 11 is 0. The molecular formula is C23H24N2O2. The summed E-state index contributed by atoms with van der Waals surface area (Å²) in [7, 11) is 0. The minimum absolute atomic E-state index is 0.287. The number of ketones is 1. The maximum atomic E-state index is 13.1. The number of carbonyl (C=O) groups excluding carboxylic acids is 2. The molecule has 1 aromatic heterocycles. The van der Waals surface area contributed by atoms with E-state index in [2.05, 4.69) is 17.1 Å². The molecule has 0 radical (unpaired) electrons. The van der Waals surface area contributed by atoms with Gasteiger partial charge in [0.1, 0.15) is 0 Å². The van der Waals surface area contributed by atoms with Gasteiger partial charge in [0.25, 0.3) is 11.7 Å². The molecule has 0 saturated carbocycles. The summed E-state index contributed by atoms with van der Waals surface area (Å²) in [5.74, 6) is -0.501. The Balaban J connectivity index is 1.61. The number of aromatic amines is 1. The zero-order chi connectivity index (χ0) is 18.8. The van der Waals surface area contributed by atoms with E-state index in [4.69, 9.17) is 0 Å². The Morgan fingerprint density at radius 3 is 2.56 bits per heavy atom. The number of carbonyl (C=O) groups is 2. The molecule has 138 valence electrons. The van der Waals surface area contributed by atoms with E-state index in [9.17, 15) is 9.59 Å². The van der Waals surface area contributed by atoms with E-state index in [1.54, 1.807) is 4.90 Å². The number of Topliss-reactive ketones (excluding diaryl/α,β-unsaturated/α-hetero) is 1. The average Bonchev–Trinajstić information content (AvgIpc) is 2.87. The third kappa shape index (κ3) is 3.39. The molecule has 2 heterocycles. The third-order valence-electron chi connectivity index (χ3n) is 5.54. The molecular weight excluding hydrogens is 336 g/mol. The highest BCUT2D eigenvalue weighted by Gasteiger charge is 2.30. The summed E-state index contributed by atoms with van der Waals surface area (Å²) < 4.78 is 0. The Hall–Kier alpha value is -2.88. The second kappa shape index (κ2) is 7.39. The van der Waals surface area contributed by atoms with Gasteiger partial charge < -0.3 is 9.88 Å². The minimum atomic E-state index is -0.404. The first-order valence-electron chi connectivity index (χ1n) is 9.61. The number of hydrogen-bond acceptors (Lipinski definition) is 2. The summed E-state index contributed by atoms with van der Waals surface area (Å²) in [5, 5.41) is 0.822. The number of benzene rings is 2. The lowest BCUT2D eigenvalue weighted by molar-refractivity contribution is -0.126. The van der Waals surface area contributed by atoms with Crippen molar-refractivity contribution in [2.75, 3.05) is 13.1 Å². The number of H-pyrrole nitrogens is 1. The van der Waals surface area contributed by atoms with Gasteiger partial charge in [0.2, 0.25) is 0 Å². The predicted molar refractivity (Wildman–Crippen MR) is 107 cm³/mol. The smallest absolute Gasteiger partial charge is 0.295 e. The molecule has 4 nitrogen and oxygen atoms in total. The van der Waals surface area contributed by atoms with Crippen LogP contribution in [0.3, 0.4) is 0 Å². The van der Waals surface area contributed by atoms with Gasteiger partial charge in [0, 0.05) is 35.6 Å². The molecule has 0 aliphatic carbocycles. The van der Waals surface area contributed by atoms with Crippen molar-refractivity contribution in [3.63, 3.8) is 0 Å². The molecule has 27 heavy (non-hydrogen) atoms. The number of rotatable bonds is 3. The van der Waals surface area contributed by atoms with E-state index < -0.39 is 5.78 Å². The van der Waals surface area contributed by atoms with Crippen molar-refractivity contribution < 1.29 is 9.59 Å². The van der Waals surface area contributed by atoms with Crippen LogP contribution >= 0.6 is 0 Å². The standard InChI is InChI=1S/C23H24N2O2/c1-16-21(19-12-5-6-13-20(19)24-16)22(26)23(27)25-14-8-7-11-18(15-25)17-9-3-2-4-10-17/h2-6,9-10,12-13,18,24H,7-8,11,14-15H2,1H3. The molecule has 1 N–H and O–H groups in total. The van der Waals surface area contributed by atoms with E-state index in [1.165, 1.54) is 5.56 Å². The fraction of sp³-hybridized carbons (Fsp3) is 0.304. The number of nitrogens with one attached hydrogen (secondary N) is 1. The van der Waals surface area contributed by atoms with Crippen molar-refractivity contribution in [3.05, 3.63) is 71.4 Å².